The average Bonchev–Trinajstić information content (AvgIpc) is 2.64. The summed E-state index contributed by atoms with van der Waals surface area (Å²) in [5, 5.41) is 0. The van der Waals surface area contributed by atoms with Crippen LogP contribution in [0.2, 0.25) is 0 Å². The predicted molar refractivity (Wildman–Crippen MR) is 60.4 cm³/mol. The van der Waals surface area contributed by atoms with Crippen LogP contribution in [0.3, 0.4) is 0 Å². The van der Waals surface area contributed by atoms with E-state index in [2.05, 4.69) is 11.7 Å². The first-order valence-electron chi connectivity index (χ1n) is 5.21. The molecule has 0 unspecified atom stereocenters. The monoisotopic (exact) mass is 193 g/mol. The van der Waals surface area contributed by atoms with Crippen molar-refractivity contribution in [1.82, 2.24) is 0 Å². The summed E-state index contributed by atoms with van der Waals surface area (Å²) in [7, 11) is 0. The maximum absolute atomic E-state index is 5.70. The number of hydrogen-bond donors (Lipinski definition) is 0. The first-order valence-corrected chi connectivity index (χ1v) is 5.21. The van der Waals surface area contributed by atoms with Crippen LogP contribution < -0.4 is 0 Å². The molecular formula is C12H19NO. The number of nitrogens with zero attached hydrogens (tertiary/aromatic N) is 1. The molecule has 0 N–H and O–H groups in total. The molecule has 78 valence electrons. The van der Waals surface area contributed by atoms with E-state index in [9.17, 15) is 0 Å². The van der Waals surface area contributed by atoms with Gasteiger partial charge in [0.25, 0.3) is 0 Å². The lowest BCUT2D eigenvalue weighted by molar-refractivity contribution is 0.121. The van der Waals surface area contributed by atoms with Gasteiger partial charge in [0.1, 0.15) is 6.10 Å². The number of allylic oxidation sites excluding steroid dienone is 3. The number of ether oxygens (including phenoxy) is 1. The molecule has 14 heavy (non-hydrogen) atoms. The van der Waals surface area contributed by atoms with E-state index < -0.39 is 0 Å². The van der Waals surface area contributed by atoms with E-state index in [1.54, 1.807) is 0 Å². The summed E-state index contributed by atoms with van der Waals surface area (Å²) in [5.74, 6) is 0.651. The molecule has 1 aliphatic carbocycles. The first kappa shape index (κ1) is 11.0. The van der Waals surface area contributed by atoms with Crippen molar-refractivity contribution in [3.05, 3.63) is 23.6 Å². The van der Waals surface area contributed by atoms with E-state index >= 15 is 0 Å². The molecule has 0 spiro atoms. The fourth-order valence-electron chi connectivity index (χ4n) is 1.54. The molecule has 2 heteroatoms. The summed E-state index contributed by atoms with van der Waals surface area (Å²) in [6.07, 6.45) is 9.11. The van der Waals surface area contributed by atoms with Crippen molar-refractivity contribution >= 4 is 6.72 Å². The third-order valence-corrected chi connectivity index (χ3v) is 2.30. The maximum atomic E-state index is 5.70. The second-order valence-corrected chi connectivity index (χ2v) is 3.93. The molecule has 1 fully saturated rings. The molecule has 0 atom stereocenters. The maximum Gasteiger partial charge on any atom is 0.212 e. The van der Waals surface area contributed by atoms with Crippen LogP contribution in [-0.4, -0.2) is 12.8 Å². The van der Waals surface area contributed by atoms with Crippen molar-refractivity contribution in [3.63, 3.8) is 0 Å². The standard InChI is InChI=1S/C12H19NO/c1-10(2)8-9-12(13-3)14-11-6-4-5-7-11/h8-9,11H,3-7H2,1-2H3/b12-9+. The molecule has 2 nitrogen and oxygen atoms in total. The Hall–Kier alpha value is -1.05. The van der Waals surface area contributed by atoms with Crippen LogP contribution >= 0.6 is 0 Å². The van der Waals surface area contributed by atoms with Gasteiger partial charge in [0, 0.05) is 6.08 Å². The van der Waals surface area contributed by atoms with Crippen molar-refractivity contribution in [2.45, 2.75) is 45.6 Å². The SMILES string of the molecule is C=N/C(=C\C=C(C)C)OC1CCCC1. The molecule has 0 amide bonds. The second kappa shape index (κ2) is 5.63. The van der Waals surface area contributed by atoms with Gasteiger partial charge in [0.05, 0.1) is 0 Å². The van der Waals surface area contributed by atoms with Crippen LogP contribution in [0.15, 0.2) is 28.6 Å². The summed E-state index contributed by atoms with van der Waals surface area (Å²) in [5.41, 5.74) is 1.24. The Labute approximate surface area is 86.4 Å². The van der Waals surface area contributed by atoms with Gasteiger partial charge in [-0.15, -0.1) is 0 Å². The fraction of sp³-hybridized carbons (Fsp3) is 0.583. The zero-order valence-electron chi connectivity index (χ0n) is 9.12. The number of rotatable bonds is 4. The van der Waals surface area contributed by atoms with Gasteiger partial charge in [0.2, 0.25) is 5.88 Å². The van der Waals surface area contributed by atoms with Crippen molar-refractivity contribution in [3.8, 4) is 0 Å². The Bertz CT molecular complexity index is 243. The van der Waals surface area contributed by atoms with E-state index in [0.29, 0.717) is 12.0 Å². The molecule has 1 saturated carbocycles. The summed E-state index contributed by atoms with van der Waals surface area (Å²) < 4.78 is 5.70. The molecule has 0 radical (unpaired) electrons. The van der Waals surface area contributed by atoms with Crippen molar-refractivity contribution in [2.24, 2.45) is 4.99 Å². The third kappa shape index (κ3) is 3.77. The Morgan fingerprint density at radius 2 is 1.93 bits per heavy atom. The van der Waals surface area contributed by atoms with Crippen LogP contribution in [0.5, 0.6) is 0 Å². The quantitative estimate of drug-likeness (QED) is 0.380. The summed E-state index contributed by atoms with van der Waals surface area (Å²) in [4.78, 5) is 3.87. The summed E-state index contributed by atoms with van der Waals surface area (Å²) in [6, 6.07) is 0. The van der Waals surface area contributed by atoms with Gasteiger partial charge in [-0.3, -0.25) is 0 Å². The van der Waals surface area contributed by atoms with Crippen LogP contribution in [-0.2, 0) is 4.74 Å². The van der Waals surface area contributed by atoms with Gasteiger partial charge in [-0.2, -0.15) is 0 Å². The molecule has 0 aromatic heterocycles. The predicted octanol–water partition coefficient (Wildman–Crippen LogP) is 3.45. The van der Waals surface area contributed by atoms with E-state index in [4.69, 9.17) is 4.74 Å². The molecule has 0 aromatic carbocycles. The first-order chi connectivity index (χ1) is 6.72. The minimum atomic E-state index is 0.359. The van der Waals surface area contributed by atoms with Gasteiger partial charge in [-0.25, -0.2) is 4.99 Å². The highest BCUT2D eigenvalue weighted by molar-refractivity contribution is 5.28. The molecule has 0 saturated heterocycles. The Morgan fingerprint density at radius 3 is 2.43 bits per heavy atom. The van der Waals surface area contributed by atoms with Crippen LogP contribution in [0.4, 0.5) is 0 Å². The van der Waals surface area contributed by atoms with Gasteiger partial charge in [0.15, 0.2) is 0 Å². The van der Waals surface area contributed by atoms with Gasteiger partial charge in [-0.05, 0) is 46.2 Å². The Kier molecular flexibility index (Phi) is 4.44. The van der Waals surface area contributed by atoms with E-state index in [1.165, 1.54) is 18.4 Å². The number of aliphatic imine (C=N–C) groups is 1. The Morgan fingerprint density at radius 1 is 1.29 bits per heavy atom. The van der Waals surface area contributed by atoms with Gasteiger partial charge in [-0.1, -0.05) is 11.6 Å². The zero-order valence-corrected chi connectivity index (χ0v) is 9.12. The van der Waals surface area contributed by atoms with Crippen molar-refractivity contribution in [2.75, 3.05) is 0 Å². The molecule has 0 aliphatic heterocycles. The van der Waals surface area contributed by atoms with E-state index in [1.807, 2.05) is 26.0 Å². The van der Waals surface area contributed by atoms with E-state index in [-0.39, 0.29) is 0 Å². The average molecular weight is 193 g/mol. The normalized spacial score (nSPS) is 18.0. The lowest BCUT2D eigenvalue weighted by Gasteiger charge is -2.11. The minimum absolute atomic E-state index is 0.359. The van der Waals surface area contributed by atoms with E-state index in [0.717, 1.165) is 12.8 Å². The smallest absolute Gasteiger partial charge is 0.212 e. The van der Waals surface area contributed by atoms with Gasteiger partial charge < -0.3 is 4.74 Å². The highest BCUT2D eigenvalue weighted by Crippen LogP contribution is 2.23. The lowest BCUT2D eigenvalue weighted by Crippen LogP contribution is -2.05. The van der Waals surface area contributed by atoms with Crippen molar-refractivity contribution in [1.29, 1.82) is 0 Å². The molecule has 1 aliphatic rings. The van der Waals surface area contributed by atoms with Crippen LogP contribution in [0, 0.1) is 0 Å². The topological polar surface area (TPSA) is 21.6 Å². The minimum Gasteiger partial charge on any atom is -0.474 e. The largest absolute Gasteiger partial charge is 0.474 e. The lowest BCUT2D eigenvalue weighted by atomic mass is 10.3. The number of hydrogen-bond acceptors (Lipinski definition) is 2. The van der Waals surface area contributed by atoms with Crippen molar-refractivity contribution < 1.29 is 4.74 Å². The summed E-state index contributed by atoms with van der Waals surface area (Å²) >= 11 is 0. The molecule has 0 bridgehead atoms. The highest BCUT2D eigenvalue weighted by Gasteiger charge is 2.16. The highest BCUT2D eigenvalue weighted by atomic mass is 16.5. The molecule has 0 aromatic rings. The fourth-order valence-corrected chi connectivity index (χ4v) is 1.54. The molecular weight excluding hydrogens is 174 g/mol. The molecule has 1 rings (SSSR count). The van der Waals surface area contributed by atoms with Crippen LogP contribution in [0.25, 0.3) is 0 Å². The van der Waals surface area contributed by atoms with Gasteiger partial charge >= 0.3 is 0 Å². The van der Waals surface area contributed by atoms with Crippen LogP contribution in [0.1, 0.15) is 39.5 Å². The zero-order chi connectivity index (χ0) is 10.4. The second-order valence-electron chi connectivity index (χ2n) is 3.93. The third-order valence-electron chi connectivity index (χ3n) is 2.30. The Balaban J connectivity index is 2.49. The molecule has 0 heterocycles. The summed E-state index contributed by atoms with van der Waals surface area (Å²) in [6.45, 7) is 7.61.